The predicted octanol–water partition coefficient (Wildman–Crippen LogP) is 2.86. The molecule has 0 aromatic heterocycles. The zero-order valence-corrected chi connectivity index (χ0v) is 20.4. The first-order chi connectivity index (χ1) is 15.3. The van der Waals surface area contributed by atoms with Crippen LogP contribution in [0.25, 0.3) is 0 Å². The summed E-state index contributed by atoms with van der Waals surface area (Å²) in [7, 11) is 0. The van der Waals surface area contributed by atoms with E-state index in [4.69, 9.17) is 23.2 Å². The highest BCUT2D eigenvalue weighted by Gasteiger charge is 2.33. The SMILES string of the molecule is CCN(CC)C(=O)CN1CCN(C(=O)C2CCCN(C(=O)c3ccc(Cl)c(Cl)c3)C2)CC1. The van der Waals surface area contributed by atoms with Crippen molar-refractivity contribution in [3.63, 3.8) is 0 Å². The molecule has 32 heavy (non-hydrogen) atoms. The lowest BCUT2D eigenvalue weighted by Gasteiger charge is -2.39. The number of carbonyl (C=O) groups is 3. The van der Waals surface area contributed by atoms with E-state index < -0.39 is 0 Å². The Morgan fingerprint density at radius 3 is 2.28 bits per heavy atom. The largest absolute Gasteiger partial charge is 0.342 e. The van der Waals surface area contributed by atoms with Crippen LogP contribution in [0.3, 0.4) is 0 Å². The monoisotopic (exact) mass is 482 g/mol. The van der Waals surface area contributed by atoms with Crippen LogP contribution in [0.4, 0.5) is 0 Å². The van der Waals surface area contributed by atoms with Crippen LogP contribution in [0.5, 0.6) is 0 Å². The van der Waals surface area contributed by atoms with Gasteiger partial charge < -0.3 is 14.7 Å². The number of piperidine rings is 1. The van der Waals surface area contributed by atoms with Gasteiger partial charge in [0.25, 0.3) is 5.91 Å². The van der Waals surface area contributed by atoms with Gasteiger partial charge >= 0.3 is 0 Å². The van der Waals surface area contributed by atoms with Crippen LogP contribution < -0.4 is 0 Å². The number of amides is 3. The Kier molecular flexibility index (Phi) is 8.79. The minimum atomic E-state index is -0.195. The topological polar surface area (TPSA) is 64.2 Å². The molecule has 0 saturated carbocycles. The maximum atomic E-state index is 13.1. The molecule has 0 bridgehead atoms. The molecule has 2 heterocycles. The summed E-state index contributed by atoms with van der Waals surface area (Å²) in [5, 5.41) is 0.757. The quantitative estimate of drug-likeness (QED) is 0.625. The maximum Gasteiger partial charge on any atom is 0.253 e. The molecule has 9 heteroatoms. The highest BCUT2D eigenvalue weighted by atomic mass is 35.5. The summed E-state index contributed by atoms with van der Waals surface area (Å²) in [6, 6.07) is 4.87. The third-order valence-electron chi connectivity index (χ3n) is 6.38. The fraction of sp³-hybridized carbons (Fsp3) is 0.609. The number of nitrogens with zero attached hydrogens (tertiary/aromatic N) is 4. The lowest BCUT2D eigenvalue weighted by atomic mass is 9.95. The molecule has 0 N–H and O–H groups in total. The van der Waals surface area contributed by atoms with E-state index in [-0.39, 0.29) is 23.6 Å². The maximum absolute atomic E-state index is 13.1. The summed E-state index contributed by atoms with van der Waals surface area (Å²) in [5.74, 6) is -0.0787. The van der Waals surface area contributed by atoms with Crippen LogP contribution >= 0.6 is 23.2 Å². The number of hydrogen-bond donors (Lipinski definition) is 0. The van der Waals surface area contributed by atoms with Crippen LogP contribution in [0.15, 0.2) is 18.2 Å². The molecule has 2 aliphatic heterocycles. The molecule has 2 saturated heterocycles. The molecule has 3 rings (SSSR count). The normalized spacial score (nSPS) is 19.7. The molecule has 0 aliphatic carbocycles. The second-order valence-corrected chi connectivity index (χ2v) is 9.20. The van der Waals surface area contributed by atoms with E-state index in [1.165, 1.54) is 0 Å². The first kappa shape index (κ1) is 24.8. The molecule has 1 aromatic carbocycles. The minimum Gasteiger partial charge on any atom is -0.342 e. The van der Waals surface area contributed by atoms with E-state index in [9.17, 15) is 14.4 Å². The van der Waals surface area contributed by atoms with Crippen molar-refractivity contribution < 1.29 is 14.4 Å². The van der Waals surface area contributed by atoms with Crippen molar-refractivity contribution in [2.24, 2.45) is 5.92 Å². The van der Waals surface area contributed by atoms with E-state index in [1.807, 2.05) is 23.6 Å². The van der Waals surface area contributed by atoms with Gasteiger partial charge in [-0.25, -0.2) is 0 Å². The van der Waals surface area contributed by atoms with Gasteiger partial charge in [0.15, 0.2) is 0 Å². The number of benzene rings is 1. The van der Waals surface area contributed by atoms with Gasteiger partial charge in [0.05, 0.1) is 22.5 Å². The Morgan fingerprint density at radius 2 is 1.66 bits per heavy atom. The fourth-order valence-electron chi connectivity index (χ4n) is 4.43. The van der Waals surface area contributed by atoms with E-state index in [0.717, 1.165) is 12.8 Å². The molecule has 0 spiro atoms. The van der Waals surface area contributed by atoms with Crippen molar-refractivity contribution in [3.8, 4) is 0 Å². The molecule has 0 radical (unpaired) electrons. The van der Waals surface area contributed by atoms with Gasteiger partial charge in [-0.3, -0.25) is 19.3 Å². The zero-order chi connectivity index (χ0) is 23.3. The summed E-state index contributed by atoms with van der Waals surface area (Å²) in [5.41, 5.74) is 0.485. The molecule has 1 atom stereocenters. The van der Waals surface area contributed by atoms with Crippen molar-refractivity contribution >= 4 is 40.9 Å². The number of rotatable bonds is 6. The number of likely N-dealkylation sites (tertiary alicyclic amines) is 1. The Morgan fingerprint density at radius 1 is 0.969 bits per heavy atom. The van der Waals surface area contributed by atoms with Gasteiger partial charge in [0.1, 0.15) is 0 Å². The van der Waals surface area contributed by atoms with Gasteiger partial charge in [-0.05, 0) is 44.9 Å². The van der Waals surface area contributed by atoms with Gasteiger partial charge in [-0.15, -0.1) is 0 Å². The van der Waals surface area contributed by atoms with Crippen LogP contribution in [-0.4, -0.2) is 96.2 Å². The Bertz CT molecular complexity index is 839. The lowest BCUT2D eigenvalue weighted by molar-refractivity contribution is -0.139. The van der Waals surface area contributed by atoms with Crippen molar-refractivity contribution in [2.45, 2.75) is 26.7 Å². The van der Waals surface area contributed by atoms with Crippen LogP contribution in [0.2, 0.25) is 10.0 Å². The predicted molar refractivity (Wildman–Crippen MR) is 126 cm³/mol. The molecule has 3 amide bonds. The van der Waals surface area contributed by atoms with Crippen molar-refractivity contribution in [1.82, 2.24) is 19.6 Å². The molecular weight excluding hydrogens is 451 g/mol. The summed E-state index contributed by atoms with van der Waals surface area (Å²) in [4.78, 5) is 46.0. The molecule has 176 valence electrons. The van der Waals surface area contributed by atoms with Crippen LogP contribution in [-0.2, 0) is 9.59 Å². The van der Waals surface area contributed by atoms with Gasteiger partial charge in [0, 0.05) is 57.9 Å². The van der Waals surface area contributed by atoms with Crippen molar-refractivity contribution in [1.29, 1.82) is 0 Å². The number of carbonyl (C=O) groups excluding carboxylic acids is 3. The average molecular weight is 483 g/mol. The molecule has 7 nitrogen and oxygen atoms in total. The summed E-state index contributed by atoms with van der Waals surface area (Å²) >= 11 is 12.0. The standard InChI is InChI=1S/C23H32Cl2N4O3/c1-3-27(4-2)21(30)16-26-10-12-28(13-11-26)23(32)18-6-5-9-29(15-18)22(31)17-7-8-19(24)20(25)14-17/h7-8,14,18H,3-6,9-13,15-16H2,1-2H3. The highest BCUT2D eigenvalue weighted by molar-refractivity contribution is 6.42. The molecule has 2 fully saturated rings. The Labute approximate surface area is 200 Å². The summed E-state index contributed by atoms with van der Waals surface area (Å²) < 4.78 is 0. The zero-order valence-electron chi connectivity index (χ0n) is 18.9. The van der Waals surface area contributed by atoms with Gasteiger partial charge in [0.2, 0.25) is 11.8 Å². The van der Waals surface area contributed by atoms with E-state index >= 15 is 0 Å². The lowest BCUT2D eigenvalue weighted by Crippen LogP contribution is -2.54. The first-order valence-electron chi connectivity index (χ1n) is 11.4. The second kappa shape index (κ2) is 11.3. The molecule has 1 aromatic rings. The molecular formula is C23H32Cl2N4O3. The smallest absolute Gasteiger partial charge is 0.253 e. The van der Waals surface area contributed by atoms with Crippen LogP contribution in [0, 0.1) is 5.92 Å². The number of halogens is 2. The molecule has 2 aliphatic rings. The summed E-state index contributed by atoms with van der Waals surface area (Å²) in [6.07, 6.45) is 1.58. The van der Waals surface area contributed by atoms with Crippen LogP contribution in [0.1, 0.15) is 37.0 Å². The van der Waals surface area contributed by atoms with Gasteiger partial charge in [-0.2, -0.15) is 0 Å². The second-order valence-electron chi connectivity index (χ2n) is 8.39. The molecule has 1 unspecified atom stereocenters. The van der Waals surface area contributed by atoms with Crippen molar-refractivity contribution in [2.75, 3.05) is 58.9 Å². The van der Waals surface area contributed by atoms with Gasteiger partial charge in [-0.1, -0.05) is 23.2 Å². The number of hydrogen-bond acceptors (Lipinski definition) is 4. The third kappa shape index (κ3) is 5.94. The highest BCUT2D eigenvalue weighted by Crippen LogP contribution is 2.25. The van der Waals surface area contributed by atoms with E-state index in [0.29, 0.717) is 74.5 Å². The van der Waals surface area contributed by atoms with Crippen molar-refractivity contribution in [3.05, 3.63) is 33.8 Å². The Hall–Kier alpha value is -1.83. The Balaban J connectivity index is 1.52. The van der Waals surface area contributed by atoms with E-state index in [1.54, 1.807) is 23.1 Å². The average Bonchev–Trinajstić information content (AvgIpc) is 2.81. The first-order valence-corrected chi connectivity index (χ1v) is 12.1. The summed E-state index contributed by atoms with van der Waals surface area (Å²) in [6.45, 7) is 9.45. The fourth-order valence-corrected chi connectivity index (χ4v) is 4.73. The minimum absolute atomic E-state index is 0.103. The van der Waals surface area contributed by atoms with E-state index in [2.05, 4.69) is 4.90 Å². The number of piperazine rings is 1. The third-order valence-corrected chi connectivity index (χ3v) is 7.12. The number of likely N-dealkylation sites (N-methyl/N-ethyl adjacent to an activating group) is 1.